The average Bonchev–Trinajstić information content (AvgIpc) is 2.32. The molecule has 19 heavy (non-hydrogen) atoms. The Morgan fingerprint density at radius 2 is 1.74 bits per heavy atom. The summed E-state index contributed by atoms with van der Waals surface area (Å²) in [7, 11) is 0. The summed E-state index contributed by atoms with van der Waals surface area (Å²) in [5, 5.41) is 14.0. The first-order valence-corrected chi connectivity index (χ1v) is 6.79. The van der Waals surface area contributed by atoms with Gasteiger partial charge in [0.15, 0.2) is 0 Å². The molecule has 0 aliphatic heterocycles. The van der Waals surface area contributed by atoms with Crippen molar-refractivity contribution in [3.8, 4) is 0 Å². The van der Waals surface area contributed by atoms with Crippen molar-refractivity contribution in [3.05, 3.63) is 0 Å². The number of rotatable bonds is 10. The molecule has 2 amide bonds. The van der Waals surface area contributed by atoms with Crippen molar-refractivity contribution in [2.24, 2.45) is 5.92 Å². The maximum Gasteiger partial charge on any atom is 0.314 e. The number of ether oxygens (including phenoxy) is 1. The van der Waals surface area contributed by atoms with Crippen molar-refractivity contribution in [1.29, 1.82) is 0 Å². The Morgan fingerprint density at radius 3 is 2.32 bits per heavy atom. The van der Waals surface area contributed by atoms with E-state index in [1.165, 1.54) is 0 Å². The molecule has 6 nitrogen and oxygen atoms in total. The van der Waals surface area contributed by atoms with Gasteiger partial charge in [0, 0.05) is 19.7 Å². The van der Waals surface area contributed by atoms with Crippen LogP contribution in [0.3, 0.4) is 0 Å². The van der Waals surface area contributed by atoms with Crippen molar-refractivity contribution in [1.82, 2.24) is 10.6 Å². The Labute approximate surface area is 114 Å². The highest BCUT2D eigenvalue weighted by Gasteiger charge is 2.10. The van der Waals surface area contributed by atoms with Crippen LogP contribution in [0.4, 0.5) is 4.79 Å². The fourth-order valence-corrected chi connectivity index (χ4v) is 1.34. The van der Waals surface area contributed by atoms with Gasteiger partial charge in [-0.15, -0.1) is 0 Å². The average molecular weight is 274 g/mol. The van der Waals surface area contributed by atoms with Crippen LogP contribution in [0.1, 0.15) is 40.0 Å². The second kappa shape index (κ2) is 10.6. The minimum absolute atomic E-state index is 0.243. The summed E-state index contributed by atoms with van der Waals surface area (Å²) < 4.78 is 5.38. The molecule has 0 aromatic heterocycles. The van der Waals surface area contributed by atoms with E-state index in [9.17, 15) is 9.59 Å². The van der Waals surface area contributed by atoms with Crippen LogP contribution < -0.4 is 10.6 Å². The van der Waals surface area contributed by atoms with E-state index in [2.05, 4.69) is 10.6 Å². The maximum absolute atomic E-state index is 11.3. The molecular formula is C13H26N2O4. The quantitative estimate of drug-likeness (QED) is 0.528. The normalized spacial score (nSPS) is 12.2. The van der Waals surface area contributed by atoms with E-state index in [0.29, 0.717) is 26.1 Å². The largest absolute Gasteiger partial charge is 0.481 e. The number of carboxylic acids is 1. The second-order valence-electron chi connectivity index (χ2n) is 4.84. The van der Waals surface area contributed by atoms with Crippen LogP contribution in [0, 0.1) is 5.92 Å². The fraction of sp³-hybridized carbons (Fsp3) is 0.846. The van der Waals surface area contributed by atoms with Gasteiger partial charge >= 0.3 is 12.0 Å². The van der Waals surface area contributed by atoms with E-state index in [1.807, 2.05) is 13.8 Å². The molecule has 0 rings (SSSR count). The first-order valence-electron chi connectivity index (χ1n) is 6.79. The van der Waals surface area contributed by atoms with Crippen LogP contribution in [-0.4, -0.2) is 42.9 Å². The Balaban J connectivity index is 3.38. The molecule has 1 atom stereocenters. The van der Waals surface area contributed by atoms with Gasteiger partial charge in [0.1, 0.15) is 0 Å². The van der Waals surface area contributed by atoms with Crippen molar-refractivity contribution in [2.45, 2.75) is 46.1 Å². The number of amides is 2. The highest BCUT2D eigenvalue weighted by molar-refractivity contribution is 5.74. The first kappa shape index (κ1) is 17.7. The number of urea groups is 1. The Morgan fingerprint density at radius 1 is 1.11 bits per heavy atom. The zero-order valence-corrected chi connectivity index (χ0v) is 12.1. The standard InChI is InChI=1S/C13H26N2O4/c1-10(2)19-9-5-4-7-14-13(18)15-8-6-11(3)12(16)17/h10-11H,4-9H2,1-3H3,(H,16,17)(H2,14,15,18). The number of hydrogen-bond acceptors (Lipinski definition) is 3. The van der Waals surface area contributed by atoms with E-state index in [0.717, 1.165) is 12.8 Å². The third kappa shape index (κ3) is 11.5. The second-order valence-corrected chi connectivity index (χ2v) is 4.84. The first-order chi connectivity index (χ1) is 8.93. The van der Waals surface area contributed by atoms with E-state index < -0.39 is 11.9 Å². The summed E-state index contributed by atoms with van der Waals surface area (Å²) in [6.45, 7) is 7.28. The van der Waals surface area contributed by atoms with Gasteiger partial charge in [-0.25, -0.2) is 4.79 Å². The molecule has 0 fully saturated rings. The zero-order valence-electron chi connectivity index (χ0n) is 12.1. The van der Waals surface area contributed by atoms with Crippen LogP contribution in [-0.2, 0) is 9.53 Å². The van der Waals surface area contributed by atoms with Gasteiger partial charge in [-0.2, -0.15) is 0 Å². The molecule has 6 heteroatoms. The molecule has 0 saturated heterocycles. The Bertz CT molecular complexity index is 269. The van der Waals surface area contributed by atoms with Gasteiger partial charge in [0.05, 0.1) is 12.0 Å². The van der Waals surface area contributed by atoms with E-state index in [-0.39, 0.29) is 12.1 Å². The summed E-state index contributed by atoms with van der Waals surface area (Å²) >= 11 is 0. The summed E-state index contributed by atoms with van der Waals surface area (Å²) in [6, 6.07) is -0.248. The lowest BCUT2D eigenvalue weighted by atomic mass is 10.1. The third-order valence-corrected chi connectivity index (χ3v) is 2.59. The number of carbonyl (C=O) groups is 2. The molecule has 1 unspecified atom stereocenters. The van der Waals surface area contributed by atoms with E-state index in [4.69, 9.17) is 9.84 Å². The van der Waals surface area contributed by atoms with Gasteiger partial charge in [-0.05, 0) is 33.1 Å². The maximum atomic E-state index is 11.3. The van der Waals surface area contributed by atoms with Crippen LogP contribution in [0.5, 0.6) is 0 Å². The smallest absolute Gasteiger partial charge is 0.314 e. The lowest BCUT2D eigenvalue weighted by Gasteiger charge is -2.10. The predicted molar refractivity (Wildman–Crippen MR) is 73.1 cm³/mol. The number of unbranched alkanes of at least 4 members (excludes halogenated alkanes) is 1. The Kier molecular flexibility index (Phi) is 9.88. The molecular weight excluding hydrogens is 248 g/mol. The van der Waals surface area contributed by atoms with Gasteiger partial charge in [-0.1, -0.05) is 6.92 Å². The molecule has 0 saturated carbocycles. The van der Waals surface area contributed by atoms with Crippen LogP contribution in [0.2, 0.25) is 0 Å². The molecule has 3 N–H and O–H groups in total. The Hall–Kier alpha value is -1.30. The minimum atomic E-state index is -0.840. The number of carboxylic acid groups (broad SMARTS) is 1. The minimum Gasteiger partial charge on any atom is -0.481 e. The molecule has 0 aliphatic rings. The monoisotopic (exact) mass is 274 g/mol. The fourth-order valence-electron chi connectivity index (χ4n) is 1.34. The SMILES string of the molecule is CC(C)OCCCCNC(=O)NCCC(C)C(=O)O. The van der Waals surface area contributed by atoms with Crippen LogP contribution in [0.15, 0.2) is 0 Å². The molecule has 0 aliphatic carbocycles. The highest BCUT2D eigenvalue weighted by atomic mass is 16.5. The molecule has 0 radical (unpaired) electrons. The van der Waals surface area contributed by atoms with Crippen molar-refractivity contribution < 1.29 is 19.4 Å². The summed E-state index contributed by atoms with van der Waals surface area (Å²) in [6.07, 6.45) is 2.46. The van der Waals surface area contributed by atoms with Crippen LogP contribution >= 0.6 is 0 Å². The topological polar surface area (TPSA) is 87.7 Å². The number of carbonyl (C=O) groups excluding carboxylic acids is 1. The molecule has 0 heterocycles. The van der Waals surface area contributed by atoms with Crippen molar-refractivity contribution in [2.75, 3.05) is 19.7 Å². The highest BCUT2D eigenvalue weighted by Crippen LogP contribution is 1.99. The number of nitrogens with one attached hydrogen (secondary N) is 2. The van der Waals surface area contributed by atoms with E-state index >= 15 is 0 Å². The summed E-state index contributed by atoms with van der Waals surface area (Å²) in [4.78, 5) is 21.9. The lowest BCUT2D eigenvalue weighted by molar-refractivity contribution is -0.141. The summed E-state index contributed by atoms with van der Waals surface area (Å²) in [5.41, 5.74) is 0. The summed E-state index contributed by atoms with van der Waals surface area (Å²) in [5.74, 6) is -1.28. The molecule has 0 aromatic rings. The number of aliphatic carboxylic acids is 1. The molecule has 112 valence electrons. The van der Waals surface area contributed by atoms with Gasteiger partial charge in [0.2, 0.25) is 0 Å². The molecule has 0 aromatic carbocycles. The number of hydrogen-bond donors (Lipinski definition) is 3. The van der Waals surface area contributed by atoms with Gasteiger partial charge in [0.25, 0.3) is 0 Å². The zero-order chi connectivity index (χ0) is 14.7. The predicted octanol–water partition coefficient (Wildman–Crippen LogP) is 1.60. The molecule has 0 spiro atoms. The van der Waals surface area contributed by atoms with Gasteiger partial charge < -0.3 is 20.5 Å². The van der Waals surface area contributed by atoms with Crippen molar-refractivity contribution in [3.63, 3.8) is 0 Å². The van der Waals surface area contributed by atoms with Crippen LogP contribution in [0.25, 0.3) is 0 Å². The van der Waals surface area contributed by atoms with Gasteiger partial charge in [-0.3, -0.25) is 4.79 Å². The lowest BCUT2D eigenvalue weighted by Crippen LogP contribution is -2.37. The van der Waals surface area contributed by atoms with E-state index in [1.54, 1.807) is 6.92 Å². The molecule has 0 bridgehead atoms. The third-order valence-electron chi connectivity index (χ3n) is 2.59. The van der Waals surface area contributed by atoms with Crippen molar-refractivity contribution >= 4 is 12.0 Å².